The van der Waals surface area contributed by atoms with Gasteiger partial charge in [0.25, 0.3) is 5.91 Å². The van der Waals surface area contributed by atoms with Gasteiger partial charge in [0, 0.05) is 11.0 Å². The van der Waals surface area contributed by atoms with Gasteiger partial charge in [-0.3, -0.25) is 15.0 Å². The molecule has 0 radical (unpaired) electrons. The third-order valence-electron chi connectivity index (χ3n) is 5.03. The normalized spacial score (nSPS) is 24.8. The Labute approximate surface area is 163 Å². The van der Waals surface area contributed by atoms with Crippen molar-refractivity contribution in [1.82, 2.24) is 15.3 Å². The van der Waals surface area contributed by atoms with E-state index in [1.54, 1.807) is 13.8 Å². The van der Waals surface area contributed by atoms with E-state index in [9.17, 15) is 9.90 Å². The van der Waals surface area contributed by atoms with E-state index in [0.29, 0.717) is 18.2 Å². The van der Waals surface area contributed by atoms with Crippen LogP contribution in [0.1, 0.15) is 40.2 Å². The van der Waals surface area contributed by atoms with Crippen LogP contribution >= 0.6 is 0 Å². The first-order chi connectivity index (χ1) is 13.0. The zero-order chi connectivity index (χ0) is 20.3. The van der Waals surface area contributed by atoms with Crippen LogP contribution in [0.4, 0.5) is 5.82 Å². The number of aliphatic hydroxyl groups is 1. The lowest BCUT2D eigenvalue weighted by Gasteiger charge is -2.28. The fraction of sp³-hybridized carbons (Fsp3) is 0.450. The Hall–Kier alpha value is -2.71. The van der Waals surface area contributed by atoms with Gasteiger partial charge in [0.2, 0.25) is 11.7 Å². The zero-order valence-electron chi connectivity index (χ0n) is 16.6. The van der Waals surface area contributed by atoms with E-state index in [0.717, 1.165) is 11.3 Å². The van der Waals surface area contributed by atoms with E-state index in [1.807, 2.05) is 18.2 Å². The van der Waals surface area contributed by atoms with Gasteiger partial charge in [0.1, 0.15) is 11.5 Å². The number of carbonyl (C=O) groups is 1. The fourth-order valence-electron chi connectivity index (χ4n) is 3.81. The van der Waals surface area contributed by atoms with E-state index < -0.39 is 11.4 Å². The lowest BCUT2D eigenvalue weighted by Crippen LogP contribution is -2.51. The summed E-state index contributed by atoms with van der Waals surface area (Å²) in [6.45, 7) is 9.68. The summed E-state index contributed by atoms with van der Waals surface area (Å²) < 4.78 is 11.7. The van der Waals surface area contributed by atoms with E-state index in [-0.39, 0.29) is 17.1 Å². The second-order valence-corrected chi connectivity index (χ2v) is 8.53. The minimum atomic E-state index is -1.56. The molecule has 0 saturated carbocycles. The first-order valence-electron chi connectivity index (χ1n) is 9.14. The van der Waals surface area contributed by atoms with Gasteiger partial charge in [-0.05, 0) is 32.9 Å². The predicted octanol–water partition coefficient (Wildman–Crippen LogP) is 2.32. The number of rotatable bonds is 3. The summed E-state index contributed by atoms with van der Waals surface area (Å²) in [5, 5.41) is 13.4. The summed E-state index contributed by atoms with van der Waals surface area (Å²) in [5.74, 6) is 0.147. The average Bonchev–Trinajstić information content (AvgIpc) is 2.99. The molecule has 2 N–H and O–H groups in total. The maximum absolute atomic E-state index is 12.6. The summed E-state index contributed by atoms with van der Waals surface area (Å²) in [6.07, 6.45) is 2.85. The van der Waals surface area contributed by atoms with Crippen molar-refractivity contribution >= 4 is 11.7 Å². The fourth-order valence-corrected chi connectivity index (χ4v) is 3.81. The molecule has 0 bridgehead atoms. The summed E-state index contributed by atoms with van der Waals surface area (Å²) in [5.41, 5.74) is -0.0854. The SMILES string of the molecule is CC1(C)NC(C)(O)N(c2cnc(Oc3cccc4c3C(C)(C)CO4)cn2)C1=O. The molecule has 0 aliphatic carbocycles. The topological polar surface area (TPSA) is 96.8 Å². The summed E-state index contributed by atoms with van der Waals surface area (Å²) >= 11 is 0. The second kappa shape index (κ2) is 5.89. The standard InChI is InChI=1S/C20H24N4O4/c1-18(2)11-27-12-7-6-8-13(16(12)18)28-15-10-21-14(9-22-15)24-17(25)19(3,4)23-20(24,5)26/h6-10,23,26H,11H2,1-5H3. The molecular formula is C20H24N4O4. The molecule has 2 aliphatic heterocycles. The molecule has 8 heteroatoms. The highest BCUT2D eigenvalue weighted by Gasteiger charge is 2.52. The monoisotopic (exact) mass is 384 g/mol. The second-order valence-electron chi connectivity index (χ2n) is 8.53. The van der Waals surface area contributed by atoms with Crippen LogP contribution in [0, 0.1) is 0 Å². The van der Waals surface area contributed by atoms with Crippen LogP contribution in [-0.2, 0) is 10.2 Å². The molecule has 148 valence electrons. The molecule has 1 unspecified atom stereocenters. The lowest BCUT2D eigenvalue weighted by atomic mass is 9.86. The molecule has 1 aromatic heterocycles. The third-order valence-corrected chi connectivity index (χ3v) is 5.03. The van der Waals surface area contributed by atoms with Crippen molar-refractivity contribution in [3.05, 3.63) is 36.2 Å². The first kappa shape index (κ1) is 18.6. The number of ether oxygens (including phenoxy) is 2. The van der Waals surface area contributed by atoms with E-state index in [4.69, 9.17) is 9.47 Å². The van der Waals surface area contributed by atoms with E-state index >= 15 is 0 Å². The highest BCUT2D eigenvalue weighted by atomic mass is 16.5. The van der Waals surface area contributed by atoms with Crippen LogP contribution in [0.15, 0.2) is 30.6 Å². The number of aromatic nitrogens is 2. The summed E-state index contributed by atoms with van der Waals surface area (Å²) in [4.78, 5) is 22.4. The van der Waals surface area contributed by atoms with Gasteiger partial charge >= 0.3 is 0 Å². The first-order valence-corrected chi connectivity index (χ1v) is 9.14. The Morgan fingerprint density at radius 1 is 1.18 bits per heavy atom. The number of fused-ring (bicyclic) bond motifs is 1. The van der Waals surface area contributed by atoms with Crippen LogP contribution in [0.25, 0.3) is 0 Å². The number of anilines is 1. The molecule has 2 aliphatic rings. The number of hydrogen-bond donors (Lipinski definition) is 2. The maximum Gasteiger partial charge on any atom is 0.251 e. The quantitative estimate of drug-likeness (QED) is 0.838. The number of amides is 1. The highest BCUT2D eigenvalue weighted by molar-refractivity contribution is 6.02. The van der Waals surface area contributed by atoms with E-state index in [1.165, 1.54) is 24.2 Å². The van der Waals surface area contributed by atoms with Gasteiger partial charge < -0.3 is 14.6 Å². The molecule has 28 heavy (non-hydrogen) atoms. The van der Waals surface area contributed by atoms with Crippen molar-refractivity contribution in [2.45, 2.75) is 51.4 Å². The third kappa shape index (κ3) is 2.89. The average molecular weight is 384 g/mol. The minimum Gasteiger partial charge on any atom is -0.492 e. The van der Waals surface area contributed by atoms with Gasteiger partial charge in [-0.15, -0.1) is 0 Å². The number of hydrogen-bond acceptors (Lipinski definition) is 7. The Morgan fingerprint density at radius 3 is 2.54 bits per heavy atom. The van der Waals surface area contributed by atoms with Crippen molar-refractivity contribution in [3.8, 4) is 17.4 Å². The minimum absolute atomic E-state index is 0.169. The zero-order valence-corrected chi connectivity index (χ0v) is 16.6. The molecule has 1 aromatic carbocycles. The van der Waals surface area contributed by atoms with E-state index in [2.05, 4.69) is 29.1 Å². The van der Waals surface area contributed by atoms with Gasteiger partial charge in [-0.1, -0.05) is 19.9 Å². The predicted molar refractivity (Wildman–Crippen MR) is 102 cm³/mol. The molecular weight excluding hydrogens is 360 g/mol. The van der Waals surface area contributed by atoms with Crippen molar-refractivity contribution in [1.29, 1.82) is 0 Å². The summed E-state index contributed by atoms with van der Waals surface area (Å²) in [6, 6.07) is 5.65. The Morgan fingerprint density at radius 2 is 1.93 bits per heavy atom. The molecule has 8 nitrogen and oxygen atoms in total. The Bertz CT molecular complexity index is 938. The maximum atomic E-state index is 12.6. The molecule has 1 atom stereocenters. The largest absolute Gasteiger partial charge is 0.492 e. The van der Waals surface area contributed by atoms with Gasteiger partial charge in [-0.2, -0.15) is 0 Å². The van der Waals surface area contributed by atoms with Gasteiger partial charge in [0.05, 0.1) is 24.5 Å². The van der Waals surface area contributed by atoms with Crippen LogP contribution in [0.2, 0.25) is 0 Å². The smallest absolute Gasteiger partial charge is 0.251 e. The van der Waals surface area contributed by atoms with Crippen molar-refractivity contribution in [2.75, 3.05) is 11.5 Å². The van der Waals surface area contributed by atoms with Crippen LogP contribution in [0.5, 0.6) is 17.4 Å². The number of benzene rings is 1. The van der Waals surface area contributed by atoms with Crippen molar-refractivity contribution in [3.63, 3.8) is 0 Å². The molecule has 0 spiro atoms. The van der Waals surface area contributed by atoms with Crippen molar-refractivity contribution < 1.29 is 19.4 Å². The van der Waals surface area contributed by atoms with Crippen molar-refractivity contribution in [2.24, 2.45) is 0 Å². The van der Waals surface area contributed by atoms with Gasteiger partial charge in [0.15, 0.2) is 5.82 Å². The number of nitrogens with zero attached hydrogens (tertiary/aromatic N) is 3. The molecule has 3 heterocycles. The number of nitrogens with one attached hydrogen (secondary N) is 1. The molecule has 4 rings (SSSR count). The molecule has 1 fully saturated rings. The molecule has 1 amide bonds. The Balaban J connectivity index is 1.61. The van der Waals surface area contributed by atoms with Crippen LogP contribution < -0.4 is 19.7 Å². The molecule has 1 saturated heterocycles. The van der Waals surface area contributed by atoms with Gasteiger partial charge in [-0.25, -0.2) is 9.97 Å². The summed E-state index contributed by atoms with van der Waals surface area (Å²) in [7, 11) is 0. The number of carbonyl (C=O) groups excluding carboxylic acids is 1. The lowest BCUT2D eigenvalue weighted by molar-refractivity contribution is -0.121. The highest BCUT2D eigenvalue weighted by Crippen LogP contribution is 2.45. The van der Waals surface area contributed by atoms with Crippen LogP contribution in [-0.4, -0.2) is 39.0 Å². The molecule has 2 aromatic rings. The van der Waals surface area contributed by atoms with Crippen LogP contribution in [0.3, 0.4) is 0 Å². The Kier molecular flexibility index (Phi) is 3.92.